The maximum Gasteiger partial charge on any atom is 0.247 e. The van der Waals surface area contributed by atoms with Crippen molar-refractivity contribution in [1.29, 1.82) is 0 Å². The van der Waals surface area contributed by atoms with E-state index in [0.717, 1.165) is 12.8 Å². The van der Waals surface area contributed by atoms with Crippen LogP contribution in [0.25, 0.3) is 0 Å². The fourth-order valence-corrected chi connectivity index (χ4v) is 5.35. The minimum atomic E-state index is -1.19. The average Bonchev–Trinajstić information content (AvgIpc) is 3.44. The minimum absolute atomic E-state index is 0.0557. The van der Waals surface area contributed by atoms with Gasteiger partial charge in [-0.15, -0.1) is 0 Å². The third-order valence-electron chi connectivity index (χ3n) is 6.52. The molecule has 4 atom stereocenters. The van der Waals surface area contributed by atoms with Crippen molar-refractivity contribution in [2.24, 2.45) is 0 Å². The molecule has 1 aromatic rings. The number of aliphatic hydroxyl groups is 2. The van der Waals surface area contributed by atoms with E-state index in [0.29, 0.717) is 39.1 Å². The van der Waals surface area contributed by atoms with Gasteiger partial charge in [-0.05, 0) is 53.6 Å². The van der Waals surface area contributed by atoms with E-state index >= 15 is 0 Å². The second kappa shape index (κ2) is 14.8. The number of nitrogens with one attached hydrogen (secondary N) is 1. The highest BCUT2D eigenvalue weighted by Gasteiger charge is 2.41. The van der Waals surface area contributed by atoms with Gasteiger partial charge in [-0.3, -0.25) is 14.4 Å². The molecule has 0 saturated carbocycles. The van der Waals surface area contributed by atoms with Crippen LogP contribution in [0, 0.1) is 3.57 Å². The van der Waals surface area contributed by atoms with Crippen LogP contribution in [0.5, 0.6) is 11.5 Å². The molecule has 1 heterocycles. The summed E-state index contributed by atoms with van der Waals surface area (Å²) in [6.07, 6.45) is 1.69. The van der Waals surface area contributed by atoms with Gasteiger partial charge in [-0.25, -0.2) is 0 Å². The van der Waals surface area contributed by atoms with Gasteiger partial charge in [0.2, 0.25) is 11.8 Å². The molecule has 1 saturated heterocycles. The molecule has 38 heavy (non-hydrogen) atoms. The Morgan fingerprint density at radius 1 is 1.32 bits per heavy atom. The maximum absolute atomic E-state index is 13.3. The summed E-state index contributed by atoms with van der Waals surface area (Å²) in [7, 11) is 2.95. The zero-order valence-corrected chi connectivity index (χ0v) is 23.7. The van der Waals surface area contributed by atoms with E-state index in [1.165, 1.54) is 26.4 Å². The van der Waals surface area contributed by atoms with Crippen molar-refractivity contribution in [3.63, 3.8) is 0 Å². The highest BCUT2D eigenvalue weighted by molar-refractivity contribution is 14.1. The monoisotopic (exact) mass is 646 g/mol. The van der Waals surface area contributed by atoms with E-state index in [2.05, 4.69) is 5.32 Å². The van der Waals surface area contributed by atoms with Gasteiger partial charge in [0.15, 0.2) is 11.5 Å². The summed E-state index contributed by atoms with van der Waals surface area (Å²) in [5.74, 6) is -0.0693. The Kier molecular flexibility index (Phi) is 11.8. The van der Waals surface area contributed by atoms with Gasteiger partial charge < -0.3 is 39.4 Å². The summed E-state index contributed by atoms with van der Waals surface area (Å²) in [5.41, 5.74) is 0.709. The third kappa shape index (κ3) is 7.65. The van der Waals surface area contributed by atoms with Gasteiger partial charge in [-0.2, -0.15) is 0 Å². The number of ether oxygens (including phenoxy) is 4. The topological polar surface area (TPSA) is 144 Å². The van der Waals surface area contributed by atoms with Crippen LogP contribution in [-0.4, -0.2) is 105 Å². The lowest BCUT2D eigenvalue weighted by atomic mass is 9.87. The van der Waals surface area contributed by atoms with E-state index in [1.54, 1.807) is 11.0 Å². The zero-order valence-electron chi connectivity index (χ0n) is 21.6. The average molecular weight is 646 g/mol. The summed E-state index contributed by atoms with van der Waals surface area (Å²) in [5, 5.41) is 23.3. The molecule has 0 spiro atoms. The summed E-state index contributed by atoms with van der Waals surface area (Å²) < 4.78 is 23.1. The number of hydrogen-bond acceptors (Lipinski definition) is 9. The van der Waals surface area contributed by atoms with Gasteiger partial charge in [0.05, 0.1) is 42.5 Å². The Bertz CT molecular complexity index is 1010. The van der Waals surface area contributed by atoms with Crippen LogP contribution in [0.1, 0.15) is 36.0 Å². The van der Waals surface area contributed by atoms with Crippen LogP contribution in [-0.2, 0) is 19.1 Å². The number of aliphatic hydroxyl groups excluding tert-OH is 2. The van der Waals surface area contributed by atoms with Crippen molar-refractivity contribution < 1.29 is 43.5 Å². The first-order chi connectivity index (χ1) is 18.3. The molecule has 210 valence electrons. The summed E-state index contributed by atoms with van der Waals surface area (Å²) in [6.45, 7) is 0.900. The highest BCUT2D eigenvalue weighted by Crippen LogP contribution is 2.37. The largest absolute Gasteiger partial charge is 0.493 e. The van der Waals surface area contributed by atoms with Crippen molar-refractivity contribution in [2.75, 3.05) is 47.1 Å². The molecule has 0 radical (unpaired) electrons. The molecule has 12 heteroatoms. The number of carbonyl (C=O) groups excluding carboxylic acids is 3. The first-order valence-electron chi connectivity index (χ1n) is 12.5. The standard InChI is InChI=1S/C26H35IN2O9/c1-35-9-5-23(32)29(14-18-4-3-8-37-18)20-12-17(26(34)28-6-7-30)13-21(24(20)33)38-25-19(27)10-16(15-31)11-22(25)36-2/h10-11,13,15,18,20-21,24,30,33H,3-9,12,14H2,1-2H3,(H,28,34). The van der Waals surface area contributed by atoms with Gasteiger partial charge in [0, 0.05) is 44.4 Å². The number of aldehydes is 1. The SMILES string of the molecule is COCCC(=O)N(CC1CCCO1)C1CC(C(=O)NCCO)=CC(Oc2c(I)cc(C=O)cc2OC)C1O. The summed E-state index contributed by atoms with van der Waals surface area (Å²) in [6, 6.07) is 2.36. The van der Waals surface area contributed by atoms with Crippen LogP contribution in [0.15, 0.2) is 23.8 Å². The predicted molar refractivity (Wildman–Crippen MR) is 145 cm³/mol. The van der Waals surface area contributed by atoms with Crippen LogP contribution >= 0.6 is 22.6 Å². The van der Waals surface area contributed by atoms with E-state index in [-0.39, 0.29) is 51.2 Å². The smallest absolute Gasteiger partial charge is 0.247 e. The highest BCUT2D eigenvalue weighted by atomic mass is 127. The Labute approximate surface area is 235 Å². The third-order valence-corrected chi connectivity index (χ3v) is 7.32. The van der Waals surface area contributed by atoms with Crippen molar-refractivity contribution >= 4 is 40.7 Å². The van der Waals surface area contributed by atoms with Crippen LogP contribution in [0.2, 0.25) is 0 Å². The molecule has 1 aromatic carbocycles. The van der Waals surface area contributed by atoms with Crippen LogP contribution in [0.3, 0.4) is 0 Å². The number of amides is 2. The first-order valence-corrected chi connectivity index (χ1v) is 13.6. The molecule has 1 fully saturated rings. The first kappa shape index (κ1) is 30.3. The molecule has 11 nitrogen and oxygen atoms in total. The molecule has 1 aliphatic heterocycles. The Morgan fingerprint density at radius 2 is 2.11 bits per heavy atom. The quantitative estimate of drug-likeness (QED) is 0.212. The lowest BCUT2D eigenvalue weighted by molar-refractivity contribution is -0.141. The van der Waals surface area contributed by atoms with E-state index in [9.17, 15) is 24.6 Å². The van der Waals surface area contributed by atoms with Crippen molar-refractivity contribution in [1.82, 2.24) is 10.2 Å². The molecule has 2 aliphatic rings. The number of hydrogen-bond donors (Lipinski definition) is 3. The second-order valence-electron chi connectivity index (χ2n) is 9.09. The van der Waals surface area contributed by atoms with Crippen LogP contribution < -0.4 is 14.8 Å². The van der Waals surface area contributed by atoms with Crippen molar-refractivity contribution in [2.45, 2.75) is 50.0 Å². The van der Waals surface area contributed by atoms with E-state index in [4.69, 9.17) is 18.9 Å². The molecule has 3 rings (SSSR count). The van der Waals surface area contributed by atoms with Crippen molar-refractivity contribution in [3.8, 4) is 11.5 Å². The molecule has 1 aliphatic carbocycles. The second-order valence-corrected chi connectivity index (χ2v) is 10.3. The maximum atomic E-state index is 13.3. The lowest BCUT2D eigenvalue weighted by Crippen LogP contribution is -2.56. The summed E-state index contributed by atoms with van der Waals surface area (Å²) >= 11 is 2.01. The zero-order chi connectivity index (χ0) is 27.7. The van der Waals surface area contributed by atoms with Gasteiger partial charge in [0.1, 0.15) is 18.5 Å². The number of benzene rings is 1. The van der Waals surface area contributed by atoms with E-state index < -0.39 is 24.2 Å². The summed E-state index contributed by atoms with van der Waals surface area (Å²) in [4.78, 5) is 39.1. The lowest BCUT2D eigenvalue weighted by Gasteiger charge is -2.41. The number of halogens is 1. The number of methoxy groups -OCH3 is 2. The van der Waals surface area contributed by atoms with Gasteiger partial charge in [-0.1, -0.05) is 0 Å². The molecule has 0 aromatic heterocycles. The van der Waals surface area contributed by atoms with Crippen molar-refractivity contribution in [3.05, 3.63) is 32.9 Å². The fourth-order valence-electron chi connectivity index (χ4n) is 4.60. The van der Waals surface area contributed by atoms with Crippen LogP contribution in [0.4, 0.5) is 0 Å². The van der Waals surface area contributed by atoms with Gasteiger partial charge in [0.25, 0.3) is 0 Å². The molecule has 3 N–H and O–H groups in total. The molecular formula is C26H35IN2O9. The Hall–Kier alpha value is -2.26. The Morgan fingerprint density at radius 3 is 2.74 bits per heavy atom. The molecule has 2 amide bonds. The number of carbonyl (C=O) groups is 3. The molecular weight excluding hydrogens is 611 g/mol. The van der Waals surface area contributed by atoms with E-state index in [1.807, 2.05) is 22.6 Å². The minimum Gasteiger partial charge on any atom is -0.493 e. The molecule has 0 bridgehead atoms. The number of nitrogens with zero attached hydrogens (tertiary/aromatic N) is 1. The molecule has 4 unspecified atom stereocenters. The van der Waals surface area contributed by atoms with Gasteiger partial charge >= 0.3 is 0 Å². The normalized spacial score (nSPS) is 22.9. The Balaban J connectivity index is 1.98. The predicted octanol–water partition coefficient (Wildman–Crippen LogP) is 1.07. The fraction of sp³-hybridized carbons (Fsp3) is 0.577. The number of rotatable bonds is 13.